The zero-order valence-corrected chi connectivity index (χ0v) is 18.6. The predicted molar refractivity (Wildman–Crippen MR) is 126 cm³/mol. The first-order chi connectivity index (χ1) is 14.1. The van der Waals surface area contributed by atoms with Crippen molar-refractivity contribution >= 4 is 45.5 Å². The third-order valence-corrected chi connectivity index (χ3v) is 7.59. The van der Waals surface area contributed by atoms with Gasteiger partial charge in [-0.05, 0) is 73.7 Å². The van der Waals surface area contributed by atoms with Crippen molar-refractivity contribution < 1.29 is 4.79 Å². The molecular formula is C24H26N2OS2. The van der Waals surface area contributed by atoms with Crippen LogP contribution in [0, 0.1) is 13.8 Å². The van der Waals surface area contributed by atoms with Crippen molar-refractivity contribution in [2.75, 3.05) is 5.32 Å². The van der Waals surface area contributed by atoms with Crippen LogP contribution in [0.15, 0.2) is 40.7 Å². The molecule has 3 aromatic rings. The maximum atomic E-state index is 13.4. The average Bonchev–Trinajstić information content (AvgIpc) is 3.31. The van der Waals surface area contributed by atoms with Gasteiger partial charge in [0, 0.05) is 21.7 Å². The number of nitrogens with one attached hydrogen (secondary N) is 1. The molecule has 0 fully saturated rings. The summed E-state index contributed by atoms with van der Waals surface area (Å²) in [5.41, 5.74) is 5.17. The van der Waals surface area contributed by atoms with E-state index in [9.17, 15) is 4.79 Å². The van der Waals surface area contributed by atoms with Gasteiger partial charge in [0.25, 0.3) is 5.91 Å². The van der Waals surface area contributed by atoms with Gasteiger partial charge < -0.3 is 5.32 Å². The molecule has 29 heavy (non-hydrogen) atoms. The summed E-state index contributed by atoms with van der Waals surface area (Å²) in [4.78, 5) is 20.6. The number of aliphatic imine (C=N–C) groups is 1. The van der Waals surface area contributed by atoms with Crippen LogP contribution in [-0.2, 0) is 12.8 Å². The maximum absolute atomic E-state index is 13.4. The number of hydrogen-bond acceptors (Lipinski definition) is 4. The summed E-state index contributed by atoms with van der Waals surface area (Å²) in [5, 5.41) is 6.06. The number of carbonyl (C=O) groups is 1. The molecule has 2 heterocycles. The number of benzene rings is 1. The molecule has 3 nitrogen and oxygen atoms in total. The lowest BCUT2D eigenvalue weighted by Gasteiger charge is -2.13. The van der Waals surface area contributed by atoms with Gasteiger partial charge in [-0.2, -0.15) is 0 Å². The molecule has 1 N–H and O–H groups in total. The summed E-state index contributed by atoms with van der Waals surface area (Å²) in [7, 11) is 0. The Morgan fingerprint density at radius 1 is 1.07 bits per heavy atom. The van der Waals surface area contributed by atoms with E-state index in [1.807, 2.05) is 35.9 Å². The molecule has 150 valence electrons. The Balaban J connectivity index is 1.72. The van der Waals surface area contributed by atoms with E-state index >= 15 is 0 Å². The maximum Gasteiger partial charge on any atom is 0.259 e. The smallest absolute Gasteiger partial charge is 0.259 e. The summed E-state index contributed by atoms with van der Waals surface area (Å²) in [6.45, 7) is 4.13. The number of thiophene rings is 2. The first-order valence-corrected chi connectivity index (χ1v) is 11.9. The first kappa shape index (κ1) is 20.0. The van der Waals surface area contributed by atoms with Gasteiger partial charge in [-0.3, -0.25) is 4.79 Å². The second-order valence-electron chi connectivity index (χ2n) is 7.57. The monoisotopic (exact) mass is 422 g/mol. The number of carbonyl (C=O) groups excluding carboxylic acids is 1. The number of amides is 1. The minimum Gasteiger partial charge on any atom is -0.322 e. The number of nitrogens with zero attached hydrogens (tertiary/aromatic N) is 1. The minimum absolute atomic E-state index is 0.0323. The third kappa shape index (κ3) is 4.51. The van der Waals surface area contributed by atoms with Crippen LogP contribution in [0.2, 0.25) is 0 Å². The number of fused-ring (bicyclic) bond motifs is 1. The molecule has 0 aliphatic heterocycles. The van der Waals surface area contributed by atoms with Crippen molar-refractivity contribution in [3.8, 4) is 0 Å². The molecule has 1 aromatic carbocycles. The van der Waals surface area contributed by atoms with E-state index in [2.05, 4.69) is 25.2 Å². The molecule has 1 aliphatic rings. The van der Waals surface area contributed by atoms with Crippen LogP contribution < -0.4 is 5.32 Å². The third-order valence-electron chi connectivity index (χ3n) is 5.58. The number of rotatable bonds is 4. The molecule has 0 bridgehead atoms. The topological polar surface area (TPSA) is 41.5 Å². The van der Waals surface area contributed by atoms with Crippen LogP contribution in [0.5, 0.6) is 0 Å². The van der Waals surface area contributed by atoms with Crippen LogP contribution in [-0.4, -0.2) is 12.1 Å². The van der Waals surface area contributed by atoms with Gasteiger partial charge in [0.2, 0.25) is 0 Å². The van der Waals surface area contributed by atoms with E-state index < -0.39 is 0 Å². The standard InChI is InChI=1S/C24H26N2OS2/c1-16-9-7-12-20(17(16)2)26-23(27)22-19-11-5-3-4-6-13-21(19)29-24(22)25-15-18-10-8-14-28-18/h7-10,12,14-15H,3-6,11,13H2,1-2H3,(H,26,27). The molecule has 2 aromatic heterocycles. The lowest BCUT2D eigenvalue weighted by atomic mass is 9.96. The fourth-order valence-electron chi connectivity index (χ4n) is 3.79. The Labute approximate surface area is 180 Å². The summed E-state index contributed by atoms with van der Waals surface area (Å²) in [6.07, 6.45) is 8.75. The van der Waals surface area contributed by atoms with Crippen molar-refractivity contribution in [2.24, 2.45) is 4.99 Å². The van der Waals surface area contributed by atoms with Crippen LogP contribution >= 0.6 is 22.7 Å². The predicted octanol–water partition coefficient (Wildman–Crippen LogP) is 7.09. The lowest BCUT2D eigenvalue weighted by Crippen LogP contribution is -2.15. The average molecular weight is 423 g/mol. The molecule has 0 radical (unpaired) electrons. The van der Waals surface area contributed by atoms with Crippen molar-refractivity contribution in [3.63, 3.8) is 0 Å². The number of aryl methyl sites for hydroxylation is 2. The SMILES string of the molecule is Cc1cccc(NC(=O)c2c(N=Cc3cccs3)sc3c2CCCCCC3)c1C. The molecule has 1 amide bonds. The van der Waals surface area contributed by atoms with E-state index in [1.165, 1.54) is 35.3 Å². The van der Waals surface area contributed by atoms with Crippen molar-refractivity contribution in [3.05, 3.63) is 67.7 Å². The van der Waals surface area contributed by atoms with Gasteiger partial charge in [0.15, 0.2) is 0 Å². The van der Waals surface area contributed by atoms with Crippen molar-refractivity contribution in [1.29, 1.82) is 0 Å². The van der Waals surface area contributed by atoms with Crippen LogP contribution in [0.4, 0.5) is 10.7 Å². The largest absolute Gasteiger partial charge is 0.322 e. The normalized spacial score (nSPS) is 14.4. The molecule has 5 heteroatoms. The highest BCUT2D eigenvalue weighted by Crippen LogP contribution is 2.39. The molecule has 0 atom stereocenters. The zero-order chi connectivity index (χ0) is 20.2. The lowest BCUT2D eigenvalue weighted by molar-refractivity contribution is 0.102. The van der Waals surface area contributed by atoms with Gasteiger partial charge in [0.1, 0.15) is 5.00 Å². The Morgan fingerprint density at radius 3 is 2.69 bits per heavy atom. The fraction of sp³-hybridized carbons (Fsp3) is 0.333. The second kappa shape index (κ2) is 9.06. The van der Waals surface area contributed by atoms with Gasteiger partial charge in [-0.25, -0.2) is 4.99 Å². The Bertz CT molecular complexity index is 1030. The fourth-order valence-corrected chi connectivity index (χ4v) is 5.60. The molecule has 0 unspecified atom stereocenters. The molecule has 1 aliphatic carbocycles. The zero-order valence-electron chi connectivity index (χ0n) is 17.0. The minimum atomic E-state index is -0.0323. The van der Waals surface area contributed by atoms with Crippen molar-refractivity contribution in [1.82, 2.24) is 0 Å². The highest BCUT2D eigenvalue weighted by molar-refractivity contribution is 7.16. The van der Waals surface area contributed by atoms with E-state index in [0.717, 1.165) is 46.0 Å². The van der Waals surface area contributed by atoms with Crippen molar-refractivity contribution in [2.45, 2.75) is 52.4 Å². The van der Waals surface area contributed by atoms with E-state index in [-0.39, 0.29) is 5.91 Å². The van der Waals surface area contributed by atoms with Crippen LogP contribution in [0.1, 0.15) is 62.5 Å². The van der Waals surface area contributed by atoms with E-state index in [1.54, 1.807) is 22.7 Å². The highest BCUT2D eigenvalue weighted by atomic mass is 32.1. The molecule has 0 saturated heterocycles. The Kier molecular flexibility index (Phi) is 6.26. The Morgan fingerprint density at radius 2 is 1.90 bits per heavy atom. The number of hydrogen-bond donors (Lipinski definition) is 1. The van der Waals surface area contributed by atoms with Gasteiger partial charge in [-0.1, -0.05) is 31.0 Å². The molecule has 0 saturated carbocycles. The summed E-state index contributed by atoms with van der Waals surface area (Å²) in [5.74, 6) is -0.0323. The number of anilines is 1. The van der Waals surface area contributed by atoms with Gasteiger partial charge in [-0.15, -0.1) is 22.7 Å². The summed E-state index contributed by atoms with van der Waals surface area (Å²) < 4.78 is 0. The first-order valence-electron chi connectivity index (χ1n) is 10.2. The second-order valence-corrected chi connectivity index (χ2v) is 9.64. The van der Waals surface area contributed by atoms with Crippen LogP contribution in [0.25, 0.3) is 0 Å². The molecule has 0 spiro atoms. The highest BCUT2D eigenvalue weighted by Gasteiger charge is 2.24. The van der Waals surface area contributed by atoms with Crippen LogP contribution in [0.3, 0.4) is 0 Å². The summed E-state index contributed by atoms with van der Waals surface area (Å²) in [6, 6.07) is 10.1. The van der Waals surface area contributed by atoms with E-state index in [0.29, 0.717) is 0 Å². The quantitative estimate of drug-likeness (QED) is 0.448. The molecular weight excluding hydrogens is 396 g/mol. The van der Waals surface area contributed by atoms with Gasteiger partial charge in [0.05, 0.1) is 5.56 Å². The summed E-state index contributed by atoms with van der Waals surface area (Å²) >= 11 is 3.36. The van der Waals surface area contributed by atoms with Gasteiger partial charge >= 0.3 is 0 Å². The molecule has 4 rings (SSSR count). The van der Waals surface area contributed by atoms with E-state index in [4.69, 9.17) is 4.99 Å². The Hall–Kier alpha value is -2.24.